The molecule has 0 N–H and O–H groups in total. The Hall–Kier alpha value is -2.46. The number of nitrogens with zero attached hydrogens (tertiary/aromatic N) is 4. The number of carbonyl (C=O) groups excluding carboxylic acids is 1. The lowest BCUT2D eigenvalue weighted by molar-refractivity contribution is -0.750. The fourth-order valence-electron chi connectivity index (χ4n) is 1.55. The Labute approximate surface area is 126 Å². The molecule has 0 saturated heterocycles. The van der Waals surface area contributed by atoms with Gasteiger partial charge in [0.1, 0.15) is 16.3 Å². The zero-order valence-electron chi connectivity index (χ0n) is 11.5. The van der Waals surface area contributed by atoms with Crippen LogP contribution in [0.15, 0.2) is 30.9 Å². The molecular formula is C12H12N4O5S. The normalized spacial score (nSPS) is 11.2. The summed E-state index contributed by atoms with van der Waals surface area (Å²) in [5, 5.41) is 3.97. The van der Waals surface area contributed by atoms with Crippen LogP contribution in [0.4, 0.5) is 0 Å². The van der Waals surface area contributed by atoms with E-state index in [9.17, 15) is 17.8 Å². The number of ether oxygens (including phenoxy) is 1. The molecular weight excluding hydrogens is 312 g/mol. The van der Waals surface area contributed by atoms with E-state index in [2.05, 4.69) is 19.8 Å². The van der Waals surface area contributed by atoms with Gasteiger partial charge in [0.2, 0.25) is 0 Å². The molecule has 0 amide bonds. The largest absolute Gasteiger partial charge is 0.748 e. The zero-order valence-corrected chi connectivity index (χ0v) is 12.4. The molecule has 0 aliphatic heterocycles. The predicted molar refractivity (Wildman–Crippen MR) is 71.4 cm³/mol. The number of rotatable bonds is 5. The number of hydrogen-bond acceptors (Lipinski definition) is 8. The van der Waals surface area contributed by atoms with E-state index < -0.39 is 21.8 Å². The van der Waals surface area contributed by atoms with Crippen molar-refractivity contribution in [3.8, 4) is 11.4 Å². The van der Waals surface area contributed by atoms with E-state index >= 15 is 0 Å². The summed E-state index contributed by atoms with van der Waals surface area (Å²) in [6, 6.07) is 1.62. The van der Waals surface area contributed by atoms with Gasteiger partial charge in [-0.2, -0.15) is 0 Å². The first-order chi connectivity index (χ1) is 10.4. The number of esters is 1. The number of aryl methyl sites for hydroxylation is 1. The maximum atomic E-state index is 11.3. The summed E-state index contributed by atoms with van der Waals surface area (Å²) in [7, 11) is -3.02. The third kappa shape index (κ3) is 4.27. The first kappa shape index (κ1) is 15.9. The second-order valence-corrected chi connectivity index (χ2v) is 5.75. The van der Waals surface area contributed by atoms with E-state index in [0.29, 0.717) is 11.4 Å². The molecule has 2 aromatic heterocycles. The van der Waals surface area contributed by atoms with E-state index in [4.69, 9.17) is 0 Å². The Balaban J connectivity index is 2.11. The summed E-state index contributed by atoms with van der Waals surface area (Å²) < 4.78 is 37.5. The molecule has 0 fully saturated rings. The van der Waals surface area contributed by atoms with Crippen LogP contribution < -0.4 is 4.68 Å². The Kier molecular flexibility index (Phi) is 4.73. The highest BCUT2D eigenvalue weighted by Crippen LogP contribution is 2.11. The minimum absolute atomic E-state index is 0.0335. The second kappa shape index (κ2) is 6.54. The molecule has 0 atom stereocenters. The molecule has 22 heavy (non-hydrogen) atoms. The molecule has 10 heteroatoms. The van der Waals surface area contributed by atoms with Crippen molar-refractivity contribution in [1.29, 1.82) is 0 Å². The number of methoxy groups -OCH3 is 1. The Morgan fingerprint density at radius 3 is 2.50 bits per heavy atom. The molecule has 0 unspecified atom stereocenters. The standard InChI is InChI=1S/C12H12N4O5S/c1-21-12(17)10-6-13-11(14-7-10)9-2-3-16(15-8-9)4-5-22(18,19)20/h2-3,6-8H,4-5H2,1H3. The van der Waals surface area contributed by atoms with E-state index in [0.717, 1.165) is 0 Å². The van der Waals surface area contributed by atoms with Gasteiger partial charge in [-0.05, 0) is 5.10 Å². The third-order valence-electron chi connectivity index (χ3n) is 2.67. The minimum atomic E-state index is -4.28. The first-order valence-corrected chi connectivity index (χ1v) is 7.67. The molecule has 2 aromatic rings. The quantitative estimate of drug-likeness (QED) is 0.396. The van der Waals surface area contributed by atoms with Gasteiger partial charge in [-0.3, -0.25) is 0 Å². The molecule has 0 aliphatic rings. The summed E-state index contributed by atoms with van der Waals surface area (Å²) in [5.74, 6) is -0.716. The topological polar surface area (TPSA) is 126 Å². The van der Waals surface area contributed by atoms with Gasteiger partial charge in [-0.1, -0.05) is 4.68 Å². The predicted octanol–water partition coefficient (Wildman–Crippen LogP) is -0.842. The molecule has 9 nitrogen and oxygen atoms in total. The smallest absolute Gasteiger partial charge is 0.341 e. The van der Waals surface area contributed by atoms with Crippen LogP contribution in [0, 0.1) is 0 Å². The molecule has 0 aromatic carbocycles. The minimum Gasteiger partial charge on any atom is -0.748 e. The molecule has 0 saturated carbocycles. The summed E-state index contributed by atoms with van der Waals surface area (Å²) >= 11 is 0. The van der Waals surface area contributed by atoms with Crippen LogP contribution in [0.3, 0.4) is 0 Å². The highest BCUT2D eigenvalue weighted by atomic mass is 32.2. The fourth-order valence-corrected chi connectivity index (χ4v) is 1.97. The van der Waals surface area contributed by atoms with E-state index in [1.807, 2.05) is 0 Å². The van der Waals surface area contributed by atoms with Crippen molar-refractivity contribution in [3.63, 3.8) is 0 Å². The van der Waals surface area contributed by atoms with Crippen LogP contribution in [-0.2, 0) is 21.4 Å². The number of carbonyl (C=O) groups is 1. The van der Waals surface area contributed by atoms with Crippen molar-refractivity contribution >= 4 is 16.1 Å². The first-order valence-electron chi connectivity index (χ1n) is 6.09. The molecule has 116 valence electrons. The average molecular weight is 324 g/mol. The van der Waals surface area contributed by atoms with Gasteiger partial charge in [0.15, 0.2) is 18.6 Å². The van der Waals surface area contributed by atoms with Gasteiger partial charge < -0.3 is 9.29 Å². The lowest BCUT2D eigenvalue weighted by Gasteiger charge is -2.03. The Morgan fingerprint density at radius 1 is 1.32 bits per heavy atom. The van der Waals surface area contributed by atoms with E-state index in [1.54, 1.807) is 6.07 Å². The second-order valence-electron chi connectivity index (χ2n) is 4.23. The van der Waals surface area contributed by atoms with Gasteiger partial charge in [0, 0.05) is 24.0 Å². The zero-order chi connectivity index (χ0) is 16.2. The van der Waals surface area contributed by atoms with Gasteiger partial charge >= 0.3 is 5.97 Å². The van der Waals surface area contributed by atoms with E-state index in [1.165, 1.54) is 36.6 Å². The van der Waals surface area contributed by atoms with Crippen molar-refractivity contribution in [2.75, 3.05) is 12.9 Å². The van der Waals surface area contributed by atoms with Crippen LogP contribution in [-0.4, -0.2) is 46.9 Å². The number of hydrogen-bond donors (Lipinski definition) is 0. The van der Waals surface area contributed by atoms with Crippen molar-refractivity contribution in [3.05, 3.63) is 36.4 Å². The molecule has 0 spiro atoms. The van der Waals surface area contributed by atoms with Crippen molar-refractivity contribution < 1.29 is 27.2 Å². The van der Waals surface area contributed by atoms with Gasteiger partial charge in [0.25, 0.3) is 0 Å². The van der Waals surface area contributed by atoms with Crippen molar-refractivity contribution in [1.82, 2.24) is 15.1 Å². The third-order valence-corrected chi connectivity index (χ3v) is 3.36. The average Bonchev–Trinajstić information content (AvgIpc) is 2.52. The van der Waals surface area contributed by atoms with Crippen LogP contribution in [0.2, 0.25) is 0 Å². The summed E-state index contributed by atoms with van der Waals surface area (Å²) in [6.07, 6.45) is 5.61. The molecule has 0 radical (unpaired) electrons. The lowest BCUT2D eigenvalue weighted by atomic mass is 10.3. The number of aromatic nitrogens is 4. The van der Waals surface area contributed by atoms with Crippen LogP contribution in [0.1, 0.15) is 10.4 Å². The van der Waals surface area contributed by atoms with Crippen LogP contribution in [0.5, 0.6) is 0 Å². The SMILES string of the molecule is COC(=O)c1cnc(-c2cc[n+](CCS(=O)(=O)[O-])nc2)nc1. The molecule has 2 rings (SSSR count). The molecule has 0 bridgehead atoms. The van der Waals surface area contributed by atoms with E-state index in [-0.39, 0.29) is 12.1 Å². The van der Waals surface area contributed by atoms with Crippen LogP contribution in [0.25, 0.3) is 11.4 Å². The fraction of sp³-hybridized carbons (Fsp3) is 0.250. The maximum Gasteiger partial charge on any atom is 0.341 e. The van der Waals surface area contributed by atoms with Crippen molar-refractivity contribution in [2.45, 2.75) is 6.54 Å². The highest BCUT2D eigenvalue weighted by molar-refractivity contribution is 7.85. The monoisotopic (exact) mass is 324 g/mol. The van der Waals surface area contributed by atoms with Gasteiger partial charge in [-0.15, -0.1) is 0 Å². The van der Waals surface area contributed by atoms with Crippen molar-refractivity contribution in [2.24, 2.45) is 0 Å². The Bertz CT molecular complexity index is 759. The van der Waals surface area contributed by atoms with Crippen LogP contribution >= 0.6 is 0 Å². The molecule has 0 aliphatic carbocycles. The summed E-state index contributed by atoms with van der Waals surface area (Å²) in [6.45, 7) is -0.0335. The highest BCUT2D eigenvalue weighted by Gasteiger charge is 2.10. The summed E-state index contributed by atoms with van der Waals surface area (Å²) in [4.78, 5) is 19.3. The lowest BCUT2D eigenvalue weighted by Crippen LogP contribution is -2.40. The maximum absolute atomic E-state index is 11.3. The Morgan fingerprint density at radius 2 is 2.00 bits per heavy atom. The van der Waals surface area contributed by atoms with Gasteiger partial charge in [0.05, 0.1) is 18.4 Å². The summed E-state index contributed by atoms with van der Waals surface area (Å²) in [5.41, 5.74) is 0.809. The molecule has 2 heterocycles. The van der Waals surface area contributed by atoms with Gasteiger partial charge in [-0.25, -0.2) is 23.2 Å².